The first kappa shape index (κ1) is 15.4. The Kier molecular flexibility index (Phi) is 6.65. The summed E-state index contributed by atoms with van der Waals surface area (Å²) < 4.78 is 0. The van der Waals surface area contributed by atoms with Gasteiger partial charge in [-0.1, -0.05) is 13.8 Å². The van der Waals surface area contributed by atoms with Crippen molar-refractivity contribution < 1.29 is 9.90 Å². The molecule has 0 atom stereocenters. The van der Waals surface area contributed by atoms with Gasteiger partial charge in [0.1, 0.15) is 0 Å². The molecule has 1 amide bonds. The molecule has 0 aromatic heterocycles. The standard InChI is InChI=1S/C14H28N2O2/c1-3-14(4-2,12-17)11-15-13(18)7-10-16-8-5-6-9-16/h17H,3-12H2,1-2H3,(H,15,18). The molecule has 0 radical (unpaired) electrons. The van der Waals surface area contributed by atoms with Gasteiger partial charge in [0.05, 0.1) is 6.61 Å². The zero-order valence-corrected chi connectivity index (χ0v) is 11.9. The number of rotatable bonds is 8. The second-order valence-electron chi connectivity index (χ2n) is 5.44. The number of aliphatic hydroxyl groups excluding tert-OH is 1. The highest BCUT2D eigenvalue weighted by atomic mass is 16.3. The molecule has 0 saturated carbocycles. The summed E-state index contributed by atoms with van der Waals surface area (Å²) in [5, 5.41) is 12.4. The molecule has 0 aromatic rings. The Balaban J connectivity index is 2.22. The van der Waals surface area contributed by atoms with Gasteiger partial charge in [0.2, 0.25) is 5.91 Å². The van der Waals surface area contributed by atoms with Crippen LogP contribution in [0, 0.1) is 5.41 Å². The molecule has 1 fully saturated rings. The number of carbonyl (C=O) groups excluding carboxylic acids is 1. The second-order valence-corrected chi connectivity index (χ2v) is 5.44. The summed E-state index contributed by atoms with van der Waals surface area (Å²) >= 11 is 0. The summed E-state index contributed by atoms with van der Waals surface area (Å²) in [4.78, 5) is 14.1. The molecule has 106 valence electrons. The Hall–Kier alpha value is -0.610. The second kappa shape index (κ2) is 7.74. The van der Waals surface area contributed by atoms with E-state index < -0.39 is 0 Å². The highest BCUT2D eigenvalue weighted by molar-refractivity contribution is 5.76. The fraction of sp³-hybridized carbons (Fsp3) is 0.929. The molecule has 0 aliphatic carbocycles. The van der Waals surface area contributed by atoms with E-state index in [1.165, 1.54) is 12.8 Å². The van der Waals surface area contributed by atoms with Gasteiger partial charge in [0, 0.05) is 24.9 Å². The Bertz CT molecular complexity index is 238. The van der Waals surface area contributed by atoms with Crippen LogP contribution in [0.25, 0.3) is 0 Å². The number of carbonyl (C=O) groups is 1. The van der Waals surface area contributed by atoms with E-state index in [1.807, 2.05) is 0 Å². The molecular formula is C14H28N2O2. The lowest BCUT2D eigenvalue weighted by Gasteiger charge is -2.29. The molecule has 4 nitrogen and oxygen atoms in total. The number of nitrogens with one attached hydrogen (secondary N) is 1. The molecule has 1 rings (SSSR count). The summed E-state index contributed by atoms with van der Waals surface area (Å²) in [5.74, 6) is 0.113. The van der Waals surface area contributed by atoms with E-state index in [4.69, 9.17) is 0 Å². The number of amides is 1. The lowest BCUT2D eigenvalue weighted by Crippen LogP contribution is -2.40. The van der Waals surface area contributed by atoms with Gasteiger partial charge in [-0.05, 0) is 38.8 Å². The summed E-state index contributed by atoms with van der Waals surface area (Å²) in [7, 11) is 0. The van der Waals surface area contributed by atoms with Crippen LogP contribution in [-0.4, -0.2) is 48.7 Å². The third kappa shape index (κ3) is 4.58. The Morgan fingerprint density at radius 3 is 2.39 bits per heavy atom. The molecule has 1 heterocycles. The Morgan fingerprint density at radius 2 is 1.89 bits per heavy atom. The maximum absolute atomic E-state index is 11.8. The topological polar surface area (TPSA) is 52.6 Å². The van der Waals surface area contributed by atoms with Crippen LogP contribution in [0.1, 0.15) is 46.0 Å². The van der Waals surface area contributed by atoms with E-state index >= 15 is 0 Å². The molecular weight excluding hydrogens is 228 g/mol. The van der Waals surface area contributed by atoms with Gasteiger partial charge in [-0.2, -0.15) is 0 Å². The number of nitrogens with zero attached hydrogens (tertiary/aromatic N) is 1. The zero-order valence-electron chi connectivity index (χ0n) is 11.9. The van der Waals surface area contributed by atoms with Crippen LogP contribution in [0.4, 0.5) is 0 Å². The first-order valence-corrected chi connectivity index (χ1v) is 7.25. The molecule has 1 saturated heterocycles. The fourth-order valence-electron chi connectivity index (χ4n) is 2.42. The van der Waals surface area contributed by atoms with Gasteiger partial charge in [0.25, 0.3) is 0 Å². The average molecular weight is 256 g/mol. The van der Waals surface area contributed by atoms with E-state index in [2.05, 4.69) is 24.1 Å². The van der Waals surface area contributed by atoms with Crippen molar-refractivity contribution in [3.8, 4) is 0 Å². The molecule has 1 aliphatic rings. The quantitative estimate of drug-likeness (QED) is 0.690. The zero-order chi connectivity index (χ0) is 13.4. The molecule has 0 spiro atoms. The minimum Gasteiger partial charge on any atom is -0.396 e. The number of aliphatic hydroxyl groups is 1. The summed E-state index contributed by atoms with van der Waals surface area (Å²) in [6.45, 7) is 8.01. The van der Waals surface area contributed by atoms with Crippen LogP contribution in [0.2, 0.25) is 0 Å². The van der Waals surface area contributed by atoms with Gasteiger partial charge in [0.15, 0.2) is 0 Å². The highest BCUT2D eigenvalue weighted by Gasteiger charge is 2.25. The molecule has 4 heteroatoms. The van der Waals surface area contributed by atoms with Crippen LogP contribution in [0.3, 0.4) is 0 Å². The molecule has 0 aromatic carbocycles. The molecule has 0 unspecified atom stereocenters. The average Bonchev–Trinajstić information content (AvgIpc) is 2.92. The molecule has 1 aliphatic heterocycles. The van der Waals surface area contributed by atoms with Gasteiger partial charge in [-0.15, -0.1) is 0 Å². The third-order valence-corrected chi connectivity index (χ3v) is 4.35. The monoisotopic (exact) mass is 256 g/mol. The normalized spacial score (nSPS) is 17.1. The van der Waals surface area contributed by atoms with Gasteiger partial charge < -0.3 is 15.3 Å². The number of hydrogen-bond donors (Lipinski definition) is 2. The van der Waals surface area contributed by atoms with Crippen LogP contribution >= 0.6 is 0 Å². The minimum absolute atomic E-state index is 0.113. The molecule has 2 N–H and O–H groups in total. The van der Waals surface area contributed by atoms with Crippen molar-refractivity contribution in [2.24, 2.45) is 5.41 Å². The van der Waals surface area contributed by atoms with Gasteiger partial charge in [-0.3, -0.25) is 4.79 Å². The maximum atomic E-state index is 11.8. The number of likely N-dealkylation sites (tertiary alicyclic amines) is 1. The van der Waals surface area contributed by atoms with E-state index in [0.717, 1.165) is 32.5 Å². The summed E-state index contributed by atoms with van der Waals surface area (Å²) in [6, 6.07) is 0. The third-order valence-electron chi connectivity index (χ3n) is 4.35. The van der Waals surface area contributed by atoms with Crippen molar-refractivity contribution in [1.82, 2.24) is 10.2 Å². The first-order valence-electron chi connectivity index (χ1n) is 7.25. The van der Waals surface area contributed by atoms with Crippen molar-refractivity contribution in [2.75, 3.05) is 32.8 Å². The van der Waals surface area contributed by atoms with E-state index in [1.54, 1.807) is 0 Å². The van der Waals surface area contributed by atoms with Crippen molar-refractivity contribution in [2.45, 2.75) is 46.0 Å². The van der Waals surface area contributed by atoms with Crippen molar-refractivity contribution >= 4 is 5.91 Å². The SMILES string of the molecule is CCC(CC)(CO)CNC(=O)CCN1CCCC1. The van der Waals surface area contributed by atoms with Crippen molar-refractivity contribution in [1.29, 1.82) is 0 Å². The Labute approximate surface area is 111 Å². The molecule has 0 bridgehead atoms. The fourth-order valence-corrected chi connectivity index (χ4v) is 2.42. The lowest BCUT2D eigenvalue weighted by molar-refractivity contribution is -0.122. The van der Waals surface area contributed by atoms with Crippen molar-refractivity contribution in [3.63, 3.8) is 0 Å². The van der Waals surface area contributed by atoms with Crippen LogP contribution in [0.15, 0.2) is 0 Å². The largest absolute Gasteiger partial charge is 0.396 e. The molecule has 18 heavy (non-hydrogen) atoms. The number of hydrogen-bond acceptors (Lipinski definition) is 3. The van der Waals surface area contributed by atoms with Crippen LogP contribution in [0.5, 0.6) is 0 Å². The minimum atomic E-state index is -0.136. The summed E-state index contributed by atoms with van der Waals surface area (Å²) in [6.07, 6.45) is 4.90. The highest BCUT2D eigenvalue weighted by Crippen LogP contribution is 2.24. The van der Waals surface area contributed by atoms with Crippen LogP contribution < -0.4 is 5.32 Å². The van der Waals surface area contributed by atoms with Crippen LogP contribution in [-0.2, 0) is 4.79 Å². The van der Waals surface area contributed by atoms with Crippen molar-refractivity contribution in [3.05, 3.63) is 0 Å². The van der Waals surface area contributed by atoms with E-state index in [9.17, 15) is 9.90 Å². The van der Waals surface area contributed by atoms with E-state index in [-0.39, 0.29) is 17.9 Å². The summed E-state index contributed by atoms with van der Waals surface area (Å²) in [5.41, 5.74) is -0.136. The predicted octanol–water partition coefficient (Wildman–Crippen LogP) is 1.39. The lowest BCUT2D eigenvalue weighted by atomic mass is 9.83. The smallest absolute Gasteiger partial charge is 0.221 e. The van der Waals surface area contributed by atoms with Gasteiger partial charge >= 0.3 is 0 Å². The van der Waals surface area contributed by atoms with E-state index in [0.29, 0.717) is 13.0 Å². The first-order chi connectivity index (χ1) is 8.65. The predicted molar refractivity (Wildman–Crippen MR) is 73.4 cm³/mol. The van der Waals surface area contributed by atoms with Gasteiger partial charge in [-0.25, -0.2) is 0 Å². The Morgan fingerprint density at radius 1 is 1.28 bits per heavy atom. The maximum Gasteiger partial charge on any atom is 0.221 e.